The molecule has 1 heterocycles. The van der Waals surface area contributed by atoms with Crippen LogP contribution in [0.2, 0.25) is 0 Å². The Hall–Kier alpha value is -2.27. The van der Waals surface area contributed by atoms with Crippen LogP contribution in [-0.2, 0) is 5.75 Å². The van der Waals surface area contributed by atoms with Gasteiger partial charge in [-0.25, -0.2) is 9.78 Å². The number of ether oxygens (including phenoxy) is 1. The summed E-state index contributed by atoms with van der Waals surface area (Å²) in [5.41, 5.74) is 1.36. The number of fused-ring (bicyclic) bond motifs is 1. The monoisotopic (exact) mass is 299 g/mol. The molecule has 3 aromatic rings. The first-order valence-corrected chi connectivity index (χ1v) is 7.40. The first kappa shape index (κ1) is 13.7. The highest BCUT2D eigenvalue weighted by atomic mass is 32.2. The van der Waals surface area contributed by atoms with E-state index in [0.717, 1.165) is 5.56 Å². The van der Waals surface area contributed by atoms with Crippen molar-refractivity contribution in [2.45, 2.75) is 11.0 Å². The van der Waals surface area contributed by atoms with Gasteiger partial charge in [-0.3, -0.25) is 0 Å². The van der Waals surface area contributed by atoms with Gasteiger partial charge in [-0.2, -0.15) is 0 Å². The Bertz CT molecular complexity index is 815. The van der Waals surface area contributed by atoms with Gasteiger partial charge in [0.05, 0.1) is 18.0 Å². The van der Waals surface area contributed by atoms with Crippen LogP contribution in [0.25, 0.3) is 10.9 Å². The Kier molecular flexibility index (Phi) is 3.92. The van der Waals surface area contributed by atoms with Crippen molar-refractivity contribution >= 4 is 22.7 Å². The van der Waals surface area contributed by atoms with Crippen LogP contribution in [0.1, 0.15) is 5.56 Å². The van der Waals surface area contributed by atoms with Gasteiger partial charge in [-0.1, -0.05) is 42.1 Å². The molecule has 3 rings (SSSR count). The molecule has 0 unspecified atom stereocenters. The minimum atomic E-state index is -0.377. The summed E-state index contributed by atoms with van der Waals surface area (Å²) in [4.78, 5) is 16.3. The molecule has 0 spiro atoms. The lowest BCUT2D eigenvalue weighted by Crippen LogP contribution is -2.02. The van der Waals surface area contributed by atoms with Crippen LogP contribution in [0.3, 0.4) is 0 Å². The van der Waals surface area contributed by atoms with Gasteiger partial charge in [-0.15, -0.1) is 0 Å². The lowest BCUT2D eigenvalue weighted by atomic mass is 10.2. The fourth-order valence-corrected chi connectivity index (χ4v) is 2.72. The van der Waals surface area contributed by atoms with Crippen LogP contribution >= 0.6 is 11.8 Å². The Balaban J connectivity index is 1.90. The van der Waals surface area contributed by atoms with Crippen LogP contribution in [-0.4, -0.2) is 12.1 Å². The van der Waals surface area contributed by atoms with E-state index in [2.05, 4.69) is 4.98 Å². The average Bonchev–Trinajstić information content (AvgIpc) is 2.53. The third kappa shape index (κ3) is 3.08. The lowest BCUT2D eigenvalue weighted by Gasteiger charge is -2.03. The van der Waals surface area contributed by atoms with Crippen LogP contribution in [0.15, 0.2) is 63.0 Å². The van der Waals surface area contributed by atoms with Gasteiger partial charge in [0, 0.05) is 11.8 Å². The zero-order chi connectivity index (χ0) is 14.7. The normalized spacial score (nSPS) is 10.7. The molecule has 0 saturated carbocycles. The van der Waals surface area contributed by atoms with Gasteiger partial charge >= 0.3 is 5.63 Å². The molecular formula is C16H13NO3S. The number of thioether (sulfide) groups is 1. The van der Waals surface area contributed by atoms with E-state index in [1.807, 2.05) is 30.3 Å². The summed E-state index contributed by atoms with van der Waals surface area (Å²) in [5.74, 6) is 1.37. The second kappa shape index (κ2) is 6.01. The highest BCUT2D eigenvalue weighted by Gasteiger charge is 2.08. The topological polar surface area (TPSA) is 52.3 Å². The molecule has 2 aromatic carbocycles. The number of rotatable bonds is 4. The smallest absolute Gasteiger partial charge is 0.347 e. The summed E-state index contributed by atoms with van der Waals surface area (Å²) in [6, 6.07) is 15.1. The molecule has 0 atom stereocenters. The quantitative estimate of drug-likeness (QED) is 0.690. The molecule has 5 heteroatoms. The second-order valence-electron chi connectivity index (χ2n) is 4.42. The molecule has 21 heavy (non-hydrogen) atoms. The van der Waals surface area contributed by atoms with Crippen molar-refractivity contribution in [2.75, 3.05) is 7.11 Å². The first-order valence-electron chi connectivity index (χ1n) is 6.42. The van der Waals surface area contributed by atoms with E-state index in [4.69, 9.17) is 9.15 Å². The van der Waals surface area contributed by atoms with E-state index in [1.165, 1.54) is 11.8 Å². The molecule has 4 nitrogen and oxygen atoms in total. The van der Waals surface area contributed by atoms with Crippen molar-refractivity contribution in [1.82, 2.24) is 4.98 Å². The van der Waals surface area contributed by atoms with Crippen molar-refractivity contribution < 1.29 is 9.15 Å². The van der Waals surface area contributed by atoms with Crippen LogP contribution in [0.4, 0.5) is 0 Å². The van der Waals surface area contributed by atoms with Crippen molar-refractivity contribution in [3.63, 3.8) is 0 Å². The van der Waals surface area contributed by atoms with E-state index in [0.29, 0.717) is 27.6 Å². The summed E-state index contributed by atoms with van der Waals surface area (Å²) in [6.45, 7) is 0. The molecule has 0 aliphatic rings. The van der Waals surface area contributed by atoms with Gasteiger partial charge in [0.25, 0.3) is 5.22 Å². The molecule has 106 valence electrons. The molecule has 0 amide bonds. The maximum absolute atomic E-state index is 11.9. The van der Waals surface area contributed by atoms with E-state index in [9.17, 15) is 4.79 Å². The number of hydrogen-bond acceptors (Lipinski definition) is 5. The number of methoxy groups -OCH3 is 1. The Morgan fingerprint density at radius 1 is 1.19 bits per heavy atom. The van der Waals surface area contributed by atoms with Crippen LogP contribution in [0.5, 0.6) is 5.75 Å². The van der Waals surface area contributed by atoms with Crippen molar-refractivity contribution in [1.29, 1.82) is 0 Å². The Labute approximate surface area is 125 Å². The van der Waals surface area contributed by atoms with E-state index in [-0.39, 0.29) is 5.63 Å². The molecular weight excluding hydrogens is 286 g/mol. The van der Waals surface area contributed by atoms with Crippen molar-refractivity contribution in [3.05, 3.63) is 64.5 Å². The summed E-state index contributed by atoms with van der Waals surface area (Å²) in [7, 11) is 1.58. The van der Waals surface area contributed by atoms with E-state index < -0.39 is 0 Å². The predicted octanol–water partition coefficient (Wildman–Crippen LogP) is 3.49. The summed E-state index contributed by atoms with van der Waals surface area (Å²) in [6.07, 6.45) is 0. The molecule has 0 N–H and O–H groups in total. The molecule has 0 bridgehead atoms. The van der Waals surface area contributed by atoms with Gasteiger partial charge in [0.1, 0.15) is 5.75 Å². The minimum absolute atomic E-state index is 0.365. The Morgan fingerprint density at radius 2 is 2.00 bits per heavy atom. The Morgan fingerprint density at radius 3 is 2.76 bits per heavy atom. The van der Waals surface area contributed by atoms with E-state index >= 15 is 0 Å². The number of benzene rings is 2. The SMILES string of the molecule is COc1ccc2c(=O)oc(SCc3ccccc3)nc2c1. The van der Waals surface area contributed by atoms with Crippen LogP contribution < -0.4 is 10.4 Å². The molecule has 0 saturated heterocycles. The predicted molar refractivity (Wildman–Crippen MR) is 82.8 cm³/mol. The molecule has 0 aliphatic carbocycles. The molecule has 0 aliphatic heterocycles. The maximum atomic E-state index is 11.9. The van der Waals surface area contributed by atoms with Gasteiger partial charge in [-0.05, 0) is 17.7 Å². The van der Waals surface area contributed by atoms with Gasteiger partial charge in [0.2, 0.25) is 0 Å². The van der Waals surface area contributed by atoms with Crippen molar-refractivity contribution in [2.24, 2.45) is 0 Å². The van der Waals surface area contributed by atoms with Crippen molar-refractivity contribution in [3.8, 4) is 5.75 Å². The highest BCUT2D eigenvalue weighted by molar-refractivity contribution is 7.98. The van der Waals surface area contributed by atoms with Crippen LogP contribution in [0, 0.1) is 0 Å². The molecule has 0 fully saturated rings. The summed E-state index contributed by atoms with van der Waals surface area (Å²) < 4.78 is 10.4. The lowest BCUT2D eigenvalue weighted by molar-refractivity contribution is 0.399. The van der Waals surface area contributed by atoms with Gasteiger partial charge < -0.3 is 9.15 Å². The molecule has 0 radical (unpaired) electrons. The third-order valence-electron chi connectivity index (χ3n) is 3.02. The number of nitrogens with zero attached hydrogens (tertiary/aromatic N) is 1. The van der Waals surface area contributed by atoms with E-state index in [1.54, 1.807) is 25.3 Å². The highest BCUT2D eigenvalue weighted by Crippen LogP contribution is 2.23. The second-order valence-corrected chi connectivity index (χ2v) is 5.35. The summed E-state index contributed by atoms with van der Waals surface area (Å²) >= 11 is 1.40. The number of aromatic nitrogens is 1. The fraction of sp³-hybridized carbons (Fsp3) is 0.125. The fourth-order valence-electron chi connectivity index (χ4n) is 1.94. The number of hydrogen-bond donors (Lipinski definition) is 0. The largest absolute Gasteiger partial charge is 0.497 e. The maximum Gasteiger partial charge on any atom is 0.347 e. The average molecular weight is 299 g/mol. The third-order valence-corrected chi connectivity index (χ3v) is 3.92. The first-order chi connectivity index (χ1) is 10.3. The zero-order valence-electron chi connectivity index (χ0n) is 11.4. The standard InChI is InChI=1S/C16H13NO3S/c1-19-12-7-8-13-14(9-12)17-16(20-15(13)18)21-10-11-5-3-2-4-6-11/h2-9H,10H2,1H3. The zero-order valence-corrected chi connectivity index (χ0v) is 12.2. The molecule has 1 aromatic heterocycles. The summed E-state index contributed by atoms with van der Waals surface area (Å²) in [5, 5.41) is 0.824. The van der Waals surface area contributed by atoms with Gasteiger partial charge in [0.15, 0.2) is 0 Å². The minimum Gasteiger partial charge on any atom is -0.497 e.